The van der Waals surface area contributed by atoms with Gasteiger partial charge in [-0.1, -0.05) is 0 Å². The summed E-state index contributed by atoms with van der Waals surface area (Å²) >= 11 is 0. The molecule has 0 saturated heterocycles. The molecule has 0 bridgehead atoms. The van der Waals surface area contributed by atoms with Crippen LogP contribution in [-0.2, 0) is 4.74 Å². The Bertz CT molecular complexity index is 101. The van der Waals surface area contributed by atoms with Crippen LogP contribution in [0.15, 0.2) is 11.8 Å². The fraction of sp³-hybridized carbons (Fsp3) is 0.714. The number of ether oxygens (including phenoxy) is 1. The van der Waals surface area contributed by atoms with Crippen molar-refractivity contribution in [1.82, 2.24) is 0 Å². The van der Waals surface area contributed by atoms with E-state index in [1.165, 1.54) is 18.4 Å². The van der Waals surface area contributed by atoms with Crippen molar-refractivity contribution in [1.29, 1.82) is 0 Å². The van der Waals surface area contributed by atoms with Crippen LogP contribution in [0.3, 0.4) is 0 Å². The molecule has 0 aromatic rings. The van der Waals surface area contributed by atoms with Crippen LogP contribution in [0, 0.1) is 5.92 Å². The van der Waals surface area contributed by atoms with Crippen molar-refractivity contribution >= 4 is 0 Å². The number of hydrogen-bond donors (Lipinski definition) is 0. The Balaban J connectivity index is 2.31. The first-order chi connectivity index (χ1) is 3.84. The van der Waals surface area contributed by atoms with Crippen LogP contribution < -0.4 is 0 Å². The second-order valence-corrected chi connectivity index (χ2v) is 2.37. The van der Waals surface area contributed by atoms with Gasteiger partial charge in [-0.05, 0) is 31.3 Å². The Labute approximate surface area is 50.3 Å². The van der Waals surface area contributed by atoms with Crippen LogP contribution in [0.1, 0.15) is 19.8 Å². The maximum Gasteiger partial charge on any atom is 0.0816 e. The number of allylic oxidation sites excluding steroid dienone is 1. The fourth-order valence-electron chi connectivity index (χ4n) is 0.821. The van der Waals surface area contributed by atoms with Crippen molar-refractivity contribution in [2.24, 2.45) is 5.92 Å². The first kappa shape index (κ1) is 5.67. The zero-order chi connectivity index (χ0) is 5.98. The second kappa shape index (κ2) is 2.21. The Morgan fingerprint density at radius 3 is 2.62 bits per heavy atom. The van der Waals surface area contributed by atoms with E-state index in [2.05, 4.69) is 6.92 Å². The molecule has 1 aliphatic rings. The minimum atomic E-state index is 0.856. The molecular weight excluding hydrogens is 100 g/mol. The van der Waals surface area contributed by atoms with Crippen LogP contribution in [0.4, 0.5) is 0 Å². The van der Waals surface area contributed by atoms with Gasteiger partial charge in [0.1, 0.15) is 0 Å². The molecule has 0 heterocycles. The summed E-state index contributed by atoms with van der Waals surface area (Å²) in [4.78, 5) is 0. The summed E-state index contributed by atoms with van der Waals surface area (Å²) in [5.74, 6) is 0.856. The summed E-state index contributed by atoms with van der Waals surface area (Å²) in [6.07, 6.45) is 4.58. The molecular formula is C7H12O. The molecule has 1 fully saturated rings. The molecule has 46 valence electrons. The molecule has 1 rings (SSSR count). The highest BCUT2D eigenvalue weighted by atomic mass is 16.5. The van der Waals surface area contributed by atoms with Gasteiger partial charge in [-0.15, -0.1) is 0 Å². The molecule has 0 atom stereocenters. The van der Waals surface area contributed by atoms with E-state index < -0.39 is 0 Å². The zero-order valence-electron chi connectivity index (χ0n) is 5.48. The molecule has 0 N–H and O–H groups in total. The molecule has 0 amide bonds. The molecule has 0 aromatic carbocycles. The van der Waals surface area contributed by atoms with Crippen molar-refractivity contribution in [3.63, 3.8) is 0 Å². The third-order valence-electron chi connectivity index (χ3n) is 1.53. The average Bonchev–Trinajstić information content (AvgIpc) is 2.45. The van der Waals surface area contributed by atoms with Gasteiger partial charge in [0.05, 0.1) is 13.4 Å². The molecule has 0 radical (unpaired) electrons. The highest BCUT2D eigenvalue weighted by Crippen LogP contribution is 2.35. The van der Waals surface area contributed by atoms with Gasteiger partial charge in [0.25, 0.3) is 0 Å². The lowest BCUT2D eigenvalue weighted by atomic mass is 10.2. The van der Waals surface area contributed by atoms with Gasteiger partial charge in [0, 0.05) is 0 Å². The summed E-state index contributed by atoms with van der Waals surface area (Å²) in [7, 11) is 1.70. The molecule has 1 nitrogen and oxygen atoms in total. The first-order valence-electron chi connectivity index (χ1n) is 3.04. The van der Waals surface area contributed by atoms with E-state index in [1.54, 1.807) is 7.11 Å². The fourth-order valence-corrected chi connectivity index (χ4v) is 0.821. The molecule has 1 aliphatic carbocycles. The van der Waals surface area contributed by atoms with E-state index in [0.717, 1.165) is 5.92 Å². The summed E-state index contributed by atoms with van der Waals surface area (Å²) < 4.78 is 4.84. The topological polar surface area (TPSA) is 9.23 Å². The van der Waals surface area contributed by atoms with Crippen molar-refractivity contribution < 1.29 is 4.74 Å². The van der Waals surface area contributed by atoms with Crippen molar-refractivity contribution in [3.8, 4) is 0 Å². The maximum atomic E-state index is 4.84. The molecule has 0 aromatic heterocycles. The molecule has 0 aliphatic heterocycles. The summed E-state index contributed by atoms with van der Waals surface area (Å²) in [5.41, 5.74) is 1.40. The molecule has 1 saturated carbocycles. The number of rotatable bonds is 2. The van der Waals surface area contributed by atoms with E-state index in [4.69, 9.17) is 4.74 Å². The van der Waals surface area contributed by atoms with Crippen molar-refractivity contribution in [2.75, 3.05) is 7.11 Å². The van der Waals surface area contributed by atoms with Gasteiger partial charge in [0.2, 0.25) is 0 Å². The summed E-state index contributed by atoms with van der Waals surface area (Å²) in [6.45, 7) is 2.13. The van der Waals surface area contributed by atoms with E-state index in [9.17, 15) is 0 Å². The van der Waals surface area contributed by atoms with E-state index in [1.807, 2.05) is 6.26 Å². The van der Waals surface area contributed by atoms with Gasteiger partial charge in [-0.2, -0.15) is 0 Å². The van der Waals surface area contributed by atoms with Crippen molar-refractivity contribution in [2.45, 2.75) is 19.8 Å². The molecule has 0 unspecified atom stereocenters. The Kier molecular flexibility index (Phi) is 1.56. The van der Waals surface area contributed by atoms with Gasteiger partial charge in [0.15, 0.2) is 0 Å². The zero-order valence-corrected chi connectivity index (χ0v) is 5.48. The average molecular weight is 112 g/mol. The Morgan fingerprint density at radius 1 is 1.62 bits per heavy atom. The lowest BCUT2D eigenvalue weighted by molar-refractivity contribution is 0.332. The lowest BCUT2D eigenvalue weighted by Crippen LogP contribution is -1.78. The predicted molar refractivity (Wildman–Crippen MR) is 33.5 cm³/mol. The van der Waals surface area contributed by atoms with Crippen LogP contribution in [0.25, 0.3) is 0 Å². The molecule has 0 spiro atoms. The van der Waals surface area contributed by atoms with Crippen LogP contribution in [-0.4, -0.2) is 7.11 Å². The standard InChI is InChI=1S/C7H12O/c1-6(5-8-2)7-3-4-7/h5,7H,3-4H2,1-2H3/b6-5-. The summed E-state index contributed by atoms with van der Waals surface area (Å²) in [5, 5.41) is 0. The number of methoxy groups -OCH3 is 1. The third-order valence-corrected chi connectivity index (χ3v) is 1.53. The monoisotopic (exact) mass is 112 g/mol. The van der Waals surface area contributed by atoms with Gasteiger partial charge in [-0.25, -0.2) is 0 Å². The van der Waals surface area contributed by atoms with Crippen molar-refractivity contribution in [3.05, 3.63) is 11.8 Å². The quantitative estimate of drug-likeness (QED) is 0.496. The highest BCUT2D eigenvalue weighted by Gasteiger charge is 2.22. The largest absolute Gasteiger partial charge is 0.504 e. The first-order valence-corrected chi connectivity index (χ1v) is 3.04. The normalized spacial score (nSPS) is 21.0. The highest BCUT2D eigenvalue weighted by molar-refractivity contribution is 5.06. The molecule has 8 heavy (non-hydrogen) atoms. The minimum Gasteiger partial charge on any atom is -0.504 e. The number of hydrogen-bond acceptors (Lipinski definition) is 1. The van der Waals surface area contributed by atoms with Gasteiger partial charge in [-0.3, -0.25) is 0 Å². The Morgan fingerprint density at radius 2 is 2.25 bits per heavy atom. The van der Waals surface area contributed by atoms with Crippen LogP contribution >= 0.6 is 0 Å². The van der Waals surface area contributed by atoms with Gasteiger partial charge >= 0.3 is 0 Å². The molecule has 1 heteroatoms. The lowest BCUT2D eigenvalue weighted by Gasteiger charge is -1.93. The second-order valence-electron chi connectivity index (χ2n) is 2.37. The van der Waals surface area contributed by atoms with Crippen LogP contribution in [0.5, 0.6) is 0 Å². The SMILES string of the molecule is CO/C=C(/C)C1CC1. The van der Waals surface area contributed by atoms with E-state index >= 15 is 0 Å². The summed E-state index contributed by atoms with van der Waals surface area (Å²) in [6, 6.07) is 0. The minimum absolute atomic E-state index is 0.856. The Hall–Kier alpha value is -0.460. The van der Waals surface area contributed by atoms with Gasteiger partial charge < -0.3 is 4.74 Å². The van der Waals surface area contributed by atoms with E-state index in [-0.39, 0.29) is 0 Å². The predicted octanol–water partition coefficient (Wildman–Crippen LogP) is 1.95. The smallest absolute Gasteiger partial charge is 0.0816 e. The maximum absolute atomic E-state index is 4.84. The van der Waals surface area contributed by atoms with Crippen LogP contribution in [0.2, 0.25) is 0 Å². The third kappa shape index (κ3) is 1.25. The van der Waals surface area contributed by atoms with E-state index in [0.29, 0.717) is 0 Å².